The Labute approximate surface area is 123 Å². The molecule has 0 saturated carbocycles. The Bertz CT molecular complexity index is 273. The molecule has 0 radical (unpaired) electrons. The highest BCUT2D eigenvalue weighted by molar-refractivity contribution is 5.85. The molecule has 3 N–H and O–H groups in total. The normalized spacial score (nSPS) is 9.67. The third-order valence-corrected chi connectivity index (χ3v) is 3.01. The monoisotopic (exact) mass is 295 g/mol. The molecular formula is C13H27Cl2N3. The van der Waals surface area contributed by atoms with E-state index >= 15 is 0 Å². The first-order valence-corrected chi connectivity index (χ1v) is 6.61. The van der Waals surface area contributed by atoms with Gasteiger partial charge in [-0.1, -0.05) is 39.5 Å². The van der Waals surface area contributed by atoms with Gasteiger partial charge in [0.1, 0.15) is 0 Å². The summed E-state index contributed by atoms with van der Waals surface area (Å²) in [5.41, 5.74) is 9.19. The van der Waals surface area contributed by atoms with Gasteiger partial charge in [0, 0.05) is 0 Å². The second-order valence-electron chi connectivity index (χ2n) is 4.48. The van der Waals surface area contributed by atoms with Gasteiger partial charge in [0.2, 0.25) is 0 Å². The molecule has 0 aliphatic carbocycles. The van der Waals surface area contributed by atoms with Crippen LogP contribution < -0.4 is 5.73 Å². The fourth-order valence-electron chi connectivity index (χ4n) is 1.90. The Balaban J connectivity index is 0. The van der Waals surface area contributed by atoms with E-state index < -0.39 is 0 Å². The van der Waals surface area contributed by atoms with Gasteiger partial charge in [0.15, 0.2) is 0 Å². The van der Waals surface area contributed by atoms with Gasteiger partial charge in [-0.3, -0.25) is 5.10 Å². The van der Waals surface area contributed by atoms with Crippen molar-refractivity contribution in [3.63, 3.8) is 0 Å². The largest absolute Gasteiger partial charge is 0.396 e. The van der Waals surface area contributed by atoms with Crippen LogP contribution in [0.15, 0.2) is 0 Å². The summed E-state index contributed by atoms with van der Waals surface area (Å²) >= 11 is 0. The Morgan fingerprint density at radius 1 is 0.944 bits per heavy atom. The van der Waals surface area contributed by atoms with Crippen LogP contribution in [0.2, 0.25) is 0 Å². The summed E-state index contributed by atoms with van der Waals surface area (Å²) in [4.78, 5) is 0. The number of H-pyrrole nitrogens is 1. The van der Waals surface area contributed by atoms with Crippen LogP contribution in [0.4, 0.5) is 5.69 Å². The number of anilines is 1. The number of nitrogens with one attached hydrogen (secondary N) is 1. The molecule has 1 heterocycles. The lowest BCUT2D eigenvalue weighted by Crippen LogP contribution is -1.96. The Morgan fingerprint density at radius 3 is 2.06 bits per heavy atom. The molecule has 1 aromatic heterocycles. The number of hydrogen-bond acceptors (Lipinski definition) is 2. The fourth-order valence-corrected chi connectivity index (χ4v) is 1.90. The van der Waals surface area contributed by atoms with Crippen molar-refractivity contribution in [2.75, 3.05) is 5.73 Å². The van der Waals surface area contributed by atoms with Crippen molar-refractivity contribution in [1.82, 2.24) is 10.2 Å². The van der Waals surface area contributed by atoms with E-state index in [0.717, 1.165) is 29.9 Å². The van der Waals surface area contributed by atoms with Crippen molar-refractivity contribution < 1.29 is 0 Å². The van der Waals surface area contributed by atoms with Gasteiger partial charge in [0.25, 0.3) is 0 Å². The molecule has 1 rings (SSSR count). The molecular weight excluding hydrogens is 269 g/mol. The van der Waals surface area contributed by atoms with E-state index in [0.29, 0.717) is 0 Å². The molecule has 5 heteroatoms. The van der Waals surface area contributed by atoms with Crippen LogP contribution >= 0.6 is 24.8 Å². The van der Waals surface area contributed by atoms with Crippen LogP contribution in [0.5, 0.6) is 0 Å². The van der Waals surface area contributed by atoms with Crippen LogP contribution in [0.1, 0.15) is 63.8 Å². The van der Waals surface area contributed by atoms with Gasteiger partial charge in [-0.15, -0.1) is 24.8 Å². The topological polar surface area (TPSA) is 54.7 Å². The van der Waals surface area contributed by atoms with E-state index in [2.05, 4.69) is 24.0 Å². The zero-order valence-electron chi connectivity index (χ0n) is 11.5. The number of rotatable bonds is 8. The predicted molar refractivity (Wildman–Crippen MR) is 84.0 cm³/mol. The van der Waals surface area contributed by atoms with E-state index in [1.807, 2.05) is 0 Å². The molecule has 3 nitrogen and oxygen atoms in total. The zero-order valence-corrected chi connectivity index (χ0v) is 13.1. The second kappa shape index (κ2) is 11.7. The van der Waals surface area contributed by atoms with Gasteiger partial charge < -0.3 is 5.73 Å². The van der Waals surface area contributed by atoms with E-state index in [9.17, 15) is 0 Å². The Hall–Kier alpha value is -0.410. The van der Waals surface area contributed by atoms with Crippen molar-refractivity contribution in [3.8, 4) is 0 Å². The average Bonchev–Trinajstić information content (AvgIpc) is 2.62. The summed E-state index contributed by atoms with van der Waals surface area (Å²) < 4.78 is 0. The van der Waals surface area contributed by atoms with Crippen LogP contribution in [0.3, 0.4) is 0 Å². The molecule has 0 bridgehead atoms. The highest BCUT2D eigenvalue weighted by Gasteiger charge is 2.08. The van der Waals surface area contributed by atoms with Gasteiger partial charge in [0.05, 0.1) is 17.1 Å². The molecule has 0 aliphatic rings. The molecule has 0 unspecified atom stereocenters. The van der Waals surface area contributed by atoms with Crippen molar-refractivity contribution >= 4 is 30.5 Å². The number of nitrogens with two attached hydrogens (primary N) is 1. The lowest BCUT2D eigenvalue weighted by atomic mass is 10.1. The SMILES string of the molecule is CCCCCc1n[nH]c(CCCCC)c1N.Cl.Cl. The number of halogens is 2. The van der Waals surface area contributed by atoms with Crippen LogP contribution in [-0.2, 0) is 12.8 Å². The van der Waals surface area contributed by atoms with E-state index in [1.165, 1.54) is 38.5 Å². The molecule has 1 aromatic rings. The third-order valence-electron chi connectivity index (χ3n) is 3.01. The average molecular weight is 296 g/mol. The van der Waals surface area contributed by atoms with Crippen molar-refractivity contribution in [2.45, 2.75) is 65.2 Å². The highest BCUT2D eigenvalue weighted by Crippen LogP contribution is 2.18. The summed E-state index contributed by atoms with van der Waals surface area (Å²) in [5, 5.41) is 7.40. The highest BCUT2D eigenvalue weighted by atomic mass is 35.5. The van der Waals surface area contributed by atoms with Gasteiger partial charge in [-0.2, -0.15) is 5.10 Å². The van der Waals surface area contributed by atoms with Crippen molar-refractivity contribution in [2.24, 2.45) is 0 Å². The van der Waals surface area contributed by atoms with E-state index in [1.54, 1.807) is 0 Å². The van der Waals surface area contributed by atoms with E-state index in [4.69, 9.17) is 5.73 Å². The fraction of sp³-hybridized carbons (Fsp3) is 0.769. The third kappa shape index (κ3) is 6.50. The number of aromatic amines is 1. The first kappa shape index (κ1) is 19.9. The predicted octanol–water partition coefficient (Wildman–Crippen LogP) is 4.30. The molecule has 18 heavy (non-hydrogen) atoms. The molecule has 0 aliphatic heterocycles. The summed E-state index contributed by atoms with van der Waals surface area (Å²) in [6.07, 6.45) is 9.48. The maximum atomic E-state index is 6.07. The smallest absolute Gasteiger partial charge is 0.0854 e. The summed E-state index contributed by atoms with van der Waals surface area (Å²) in [5.74, 6) is 0. The maximum absolute atomic E-state index is 6.07. The second-order valence-corrected chi connectivity index (χ2v) is 4.48. The quantitative estimate of drug-likeness (QED) is 0.703. The molecule has 0 atom stereocenters. The van der Waals surface area contributed by atoms with Gasteiger partial charge in [-0.25, -0.2) is 0 Å². The first-order valence-electron chi connectivity index (χ1n) is 6.61. The number of nitrogens with zero attached hydrogens (tertiary/aromatic N) is 1. The number of nitrogen functional groups attached to an aromatic ring is 1. The number of unbranched alkanes of at least 4 members (excludes halogenated alkanes) is 4. The minimum absolute atomic E-state index is 0. The Kier molecular flexibility index (Phi) is 12.9. The van der Waals surface area contributed by atoms with Crippen LogP contribution in [-0.4, -0.2) is 10.2 Å². The molecule has 0 aromatic carbocycles. The summed E-state index contributed by atoms with van der Waals surface area (Å²) in [6.45, 7) is 4.43. The van der Waals surface area contributed by atoms with Crippen molar-refractivity contribution in [1.29, 1.82) is 0 Å². The van der Waals surface area contributed by atoms with Gasteiger partial charge >= 0.3 is 0 Å². The number of hydrogen-bond donors (Lipinski definition) is 2. The summed E-state index contributed by atoms with van der Waals surface area (Å²) in [7, 11) is 0. The maximum Gasteiger partial charge on any atom is 0.0854 e. The minimum Gasteiger partial charge on any atom is -0.396 e. The molecule has 0 fully saturated rings. The summed E-state index contributed by atoms with van der Waals surface area (Å²) in [6, 6.07) is 0. The van der Waals surface area contributed by atoms with Crippen LogP contribution in [0, 0.1) is 0 Å². The molecule has 0 saturated heterocycles. The lowest BCUT2D eigenvalue weighted by molar-refractivity contribution is 0.701. The van der Waals surface area contributed by atoms with Crippen LogP contribution in [0.25, 0.3) is 0 Å². The number of aromatic nitrogens is 2. The van der Waals surface area contributed by atoms with Gasteiger partial charge in [-0.05, 0) is 25.7 Å². The lowest BCUT2D eigenvalue weighted by Gasteiger charge is -2.00. The van der Waals surface area contributed by atoms with Crippen molar-refractivity contribution in [3.05, 3.63) is 11.4 Å². The Morgan fingerprint density at radius 2 is 1.50 bits per heavy atom. The number of aryl methyl sites for hydroxylation is 2. The molecule has 0 spiro atoms. The van der Waals surface area contributed by atoms with E-state index in [-0.39, 0.29) is 24.8 Å². The minimum atomic E-state index is 0. The molecule has 108 valence electrons. The zero-order chi connectivity index (χ0) is 11.8. The molecule has 0 amide bonds. The standard InChI is InChI=1S/C13H25N3.2ClH/c1-3-5-7-9-11-13(14)12(16-15-11)10-8-6-4-2;;/h3-10,14H2,1-2H3,(H,15,16);2*1H. The first-order chi connectivity index (χ1) is 7.79.